The third-order valence-electron chi connectivity index (χ3n) is 4.51. The molecule has 0 unspecified atom stereocenters. The molecule has 0 bridgehead atoms. The van der Waals surface area contributed by atoms with Crippen molar-refractivity contribution in [1.29, 1.82) is 0 Å². The number of para-hydroxylation sites is 2. The molecule has 4 rings (SSSR count). The second-order valence-corrected chi connectivity index (χ2v) is 7.07. The average Bonchev–Trinajstić information content (AvgIpc) is 3.09. The molecule has 0 aliphatic rings. The molecular weight excluding hydrogens is 370 g/mol. The van der Waals surface area contributed by atoms with Crippen molar-refractivity contribution in [2.24, 2.45) is 0 Å². The highest BCUT2D eigenvalue weighted by molar-refractivity contribution is 7.10. The van der Waals surface area contributed by atoms with Gasteiger partial charge >= 0.3 is 0 Å². The van der Waals surface area contributed by atoms with E-state index in [0.29, 0.717) is 22.1 Å². The highest BCUT2D eigenvalue weighted by atomic mass is 32.1. The van der Waals surface area contributed by atoms with E-state index in [0.717, 1.165) is 28.6 Å². The van der Waals surface area contributed by atoms with Crippen molar-refractivity contribution < 1.29 is 4.79 Å². The summed E-state index contributed by atoms with van der Waals surface area (Å²) in [6.07, 6.45) is 2.35. The second kappa shape index (κ2) is 7.74. The maximum atomic E-state index is 13.0. The van der Waals surface area contributed by atoms with E-state index in [2.05, 4.69) is 31.9 Å². The van der Waals surface area contributed by atoms with Crippen molar-refractivity contribution in [2.75, 3.05) is 10.6 Å². The Morgan fingerprint density at radius 3 is 2.71 bits per heavy atom. The maximum absolute atomic E-state index is 13.0. The van der Waals surface area contributed by atoms with Crippen LogP contribution < -0.4 is 10.6 Å². The molecule has 2 aromatic carbocycles. The van der Waals surface area contributed by atoms with Crippen LogP contribution >= 0.6 is 11.5 Å². The van der Waals surface area contributed by atoms with Crippen LogP contribution in [0.25, 0.3) is 10.9 Å². The van der Waals surface area contributed by atoms with Gasteiger partial charge in [0.1, 0.15) is 17.1 Å². The molecule has 0 spiro atoms. The number of fused-ring (bicyclic) bond motifs is 1. The Balaban J connectivity index is 1.67. The Labute approximate surface area is 166 Å². The smallest absolute Gasteiger partial charge is 0.260 e. The van der Waals surface area contributed by atoms with Gasteiger partial charge in [0.05, 0.1) is 16.8 Å². The number of hydrogen-bond acceptors (Lipinski definition) is 6. The topological polar surface area (TPSA) is 79.8 Å². The van der Waals surface area contributed by atoms with Crippen LogP contribution in [0.1, 0.15) is 28.5 Å². The lowest BCUT2D eigenvalue weighted by Crippen LogP contribution is -2.15. The average molecular weight is 389 g/mol. The maximum Gasteiger partial charge on any atom is 0.260 e. The minimum atomic E-state index is -0.187. The highest BCUT2D eigenvalue weighted by Crippen LogP contribution is 2.31. The molecule has 0 saturated carbocycles. The molecule has 0 fully saturated rings. The van der Waals surface area contributed by atoms with Gasteiger partial charge < -0.3 is 10.6 Å². The van der Waals surface area contributed by atoms with Gasteiger partial charge in [0.2, 0.25) is 0 Å². The molecule has 4 aromatic rings. The summed E-state index contributed by atoms with van der Waals surface area (Å²) in [5.74, 6) is 0.463. The van der Waals surface area contributed by atoms with Gasteiger partial charge in [-0.1, -0.05) is 37.3 Å². The zero-order valence-corrected chi connectivity index (χ0v) is 16.4. The van der Waals surface area contributed by atoms with Gasteiger partial charge in [0.25, 0.3) is 5.91 Å². The van der Waals surface area contributed by atoms with E-state index in [4.69, 9.17) is 0 Å². The fraction of sp³-hybridized carbons (Fsp3) is 0.143. The lowest BCUT2D eigenvalue weighted by Gasteiger charge is -2.11. The predicted octanol–water partition coefficient (Wildman–Crippen LogP) is 4.95. The second-order valence-electron chi connectivity index (χ2n) is 6.30. The number of aromatic nitrogens is 3. The fourth-order valence-corrected chi connectivity index (χ4v) is 3.86. The summed E-state index contributed by atoms with van der Waals surface area (Å²) in [7, 11) is 0. The summed E-state index contributed by atoms with van der Waals surface area (Å²) in [6, 6.07) is 15.6. The Morgan fingerprint density at radius 2 is 1.86 bits per heavy atom. The fourth-order valence-electron chi connectivity index (χ4n) is 3.07. The van der Waals surface area contributed by atoms with Gasteiger partial charge in [0.15, 0.2) is 0 Å². The van der Waals surface area contributed by atoms with Gasteiger partial charge in [-0.05, 0) is 48.6 Å². The van der Waals surface area contributed by atoms with Crippen molar-refractivity contribution in [1.82, 2.24) is 14.3 Å². The zero-order chi connectivity index (χ0) is 19.5. The van der Waals surface area contributed by atoms with E-state index in [1.165, 1.54) is 17.9 Å². The molecular formula is C21H19N5OS. The monoisotopic (exact) mass is 389 g/mol. The van der Waals surface area contributed by atoms with Gasteiger partial charge in [-0.25, -0.2) is 9.97 Å². The van der Waals surface area contributed by atoms with Crippen LogP contribution in [0.5, 0.6) is 0 Å². The molecule has 0 aliphatic heterocycles. The molecule has 0 saturated heterocycles. The van der Waals surface area contributed by atoms with Crippen molar-refractivity contribution >= 4 is 44.8 Å². The van der Waals surface area contributed by atoms with Crippen molar-refractivity contribution in [3.05, 3.63) is 71.7 Å². The van der Waals surface area contributed by atoms with Crippen LogP contribution in [-0.4, -0.2) is 20.2 Å². The number of benzene rings is 2. The standard InChI is InChI=1S/C21H19N5OS/c1-3-14-8-4-6-10-16(14)24-20(27)18-13(2)26-28-21(18)25-19-15-9-5-7-11-17(15)22-12-23-19/h4-12H,3H2,1-2H3,(H,24,27)(H,22,23,25). The molecule has 0 radical (unpaired) electrons. The van der Waals surface area contributed by atoms with Crippen LogP contribution in [0.3, 0.4) is 0 Å². The van der Waals surface area contributed by atoms with Gasteiger partial charge in [-0.2, -0.15) is 4.37 Å². The van der Waals surface area contributed by atoms with Crippen LogP contribution in [-0.2, 0) is 6.42 Å². The minimum absolute atomic E-state index is 0.187. The number of carbonyl (C=O) groups excluding carboxylic acids is 1. The first kappa shape index (κ1) is 18.1. The molecule has 0 atom stereocenters. The third kappa shape index (κ3) is 3.44. The lowest BCUT2D eigenvalue weighted by molar-refractivity contribution is 0.102. The Kier molecular flexibility index (Phi) is 4.99. The van der Waals surface area contributed by atoms with Gasteiger partial charge in [-0.15, -0.1) is 0 Å². The van der Waals surface area contributed by atoms with E-state index in [1.807, 2.05) is 55.5 Å². The predicted molar refractivity (Wildman–Crippen MR) is 113 cm³/mol. The summed E-state index contributed by atoms with van der Waals surface area (Å²) in [6.45, 7) is 3.90. The zero-order valence-electron chi connectivity index (χ0n) is 15.6. The van der Waals surface area contributed by atoms with Gasteiger partial charge in [0, 0.05) is 11.1 Å². The SMILES string of the molecule is CCc1ccccc1NC(=O)c1c(C)nsc1Nc1ncnc2ccccc12. The van der Waals surface area contributed by atoms with E-state index >= 15 is 0 Å². The Hall–Kier alpha value is -3.32. The number of rotatable bonds is 5. The summed E-state index contributed by atoms with van der Waals surface area (Å²) < 4.78 is 4.37. The molecule has 7 heteroatoms. The molecule has 28 heavy (non-hydrogen) atoms. The Bertz CT molecular complexity index is 1150. The van der Waals surface area contributed by atoms with Crippen LogP contribution in [0, 0.1) is 6.92 Å². The number of carbonyl (C=O) groups is 1. The summed E-state index contributed by atoms with van der Waals surface area (Å²) >= 11 is 1.25. The molecule has 2 heterocycles. The normalized spacial score (nSPS) is 10.8. The number of amides is 1. The number of anilines is 3. The molecule has 2 N–H and O–H groups in total. The third-order valence-corrected chi connectivity index (χ3v) is 5.36. The van der Waals surface area contributed by atoms with Crippen LogP contribution in [0.15, 0.2) is 54.9 Å². The molecule has 0 aliphatic carbocycles. The summed E-state index contributed by atoms with van der Waals surface area (Å²) in [5, 5.41) is 7.85. The van der Waals surface area contributed by atoms with Crippen molar-refractivity contribution in [2.45, 2.75) is 20.3 Å². The Morgan fingerprint density at radius 1 is 1.07 bits per heavy atom. The van der Waals surface area contributed by atoms with E-state index < -0.39 is 0 Å². The molecule has 2 aromatic heterocycles. The van der Waals surface area contributed by atoms with Crippen molar-refractivity contribution in [3.63, 3.8) is 0 Å². The number of aryl methyl sites for hydroxylation is 2. The number of nitrogens with zero attached hydrogens (tertiary/aromatic N) is 3. The number of hydrogen-bond donors (Lipinski definition) is 2. The van der Waals surface area contributed by atoms with Crippen LogP contribution in [0.4, 0.5) is 16.5 Å². The first-order valence-corrected chi connectivity index (χ1v) is 9.77. The molecule has 140 valence electrons. The van der Waals surface area contributed by atoms with E-state index in [9.17, 15) is 4.79 Å². The summed E-state index contributed by atoms with van der Waals surface area (Å²) in [4.78, 5) is 21.6. The van der Waals surface area contributed by atoms with Gasteiger partial charge in [-0.3, -0.25) is 4.79 Å². The van der Waals surface area contributed by atoms with Crippen LogP contribution in [0.2, 0.25) is 0 Å². The quantitative estimate of drug-likeness (QED) is 0.505. The largest absolute Gasteiger partial charge is 0.329 e. The van der Waals surface area contributed by atoms with E-state index in [-0.39, 0.29) is 5.91 Å². The molecule has 1 amide bonds. The lowest BCUT2D eigenvalue weighted by atomic mass is 10.1. The van der Waals surface area contributed by atoms with E-state index in [1.54, 1.807) is 0 Å². The highest BCUT2D eigenvalue weighted by Gasteiger charge is 2.20. The van der Waals surface area contributed by atoms with Crippen molar-refractivity contribution in [3.8, 4) is 0 Å². The number of nitrogens with one attached hydrogen (secondary N) is 2. The first-order chi connectivity index (χ1) is 13.7. The first-order valence-electron chi connectivity index (χ1n) is 8.99. The minimum Gasteiger partial charge on any atom is -0.329 e. The summed E-state index contributed by atoms with van der Waals surface area (Å²) in [5.41, 5.74) is 3.95. The molecule has 6 nitrogen and oxygen atoms in total.